The van der Waals surface area contributed by atoms with E-state index in [1.807, 2.05) is 26.8 Å². The van der Waals surface area contributed by atoms with Crippen molar-refractivity contribution in [2.75, 3.05) is 32.6 Å². The summed E-state index contributed by atoms with van der Waals surface area (Å²) in [4.78, 5) is 39.4. The van der Waals surface area contributed by atoms with Crippen LogP contribution in [0.3, 0.4) is 0 Å². The van der Waals surface area contributed by atoms with Crippen LogP contribution in [0.25, 0.3) is 10.4 Å². The molecule has 4 N–H and O–H groups in total. The molecular formula is C24H32N4O6S. The monoisotopic (exact) mass is 504 g/mol. The minimum Gasteiger partial charge on any atom is -0.493 e. The number of piperidine rings is 1. The van der Waals surface area contributed by atoms with Gasteiger partial charge in [-0.3, -0.25) is 10.1 Å². The van der Waals surface area contributed by atoms with E-state index in [2.05, 4.69) is 10.6 Å². The molecule has 10 nitrogen and oxygen atoms in total. The lowest BCUT2D eigenvalue weighted by molar-refractivity contribution is 0.0199. The molecular weight excluding hydrogens is 472 g/mol. The van der Waals surface area contributed by atoms with E-state index in [4.69, 9.17) is 19.9 Å². The maximum Gasteiger partial charge on any atom is 0.410 e. The second-order valence-corrected chi connectivity index (χ2v) is 10.2. The van der Waals surface area contributed by atoms with Crippen LogP contribution in [-0.2, 0) is 4.74 Å². The summed E-state index contributed by atoms with van der Waals surface area (Å²) in [6.45, 7) is 6.44. The lowest BCUT2D eigenvalue weighted by Crippen LogP contribution is -2.47. The van der Waals surface area contributed by atoms with E-state index in [-0.39, 0.29) is 18.0 Å². The van der Waals surface area contributed by atoms with Crippen LogP contribution in [0.5, 0.6) is 11.5 Å². The van der Waals surface area contributed by atoms with Crippen LogP contribution in [0.2, 0.25) is 0 Å². The molecule has 0 spiro atoms. The van der Waals surface area contributed by atoms with Crippen molar-refractivity contribution in [1.82, 2.24) is 10.2 Å². The van der Waals surface area contributed by atoms with Crippen LogP contribution in [0.1, 0.15) is 44.0 Å². The van der Waals surface area contributed by atoms with E-state index in [1.54, 1.807) is 37.3 Å². The number of amides is 4. The average Bonchev–Trinajstić information content (AvgIpc) is 3.21. The molecule has 1 saturated heterocycles. The van der Waals surface area contributed by atoms with Gasteiger partial charge in [-0.15, -0.1) is 11.3 Å². The second-order valence-electron chi connectivity index (χ2n) is 9.13. The fourth-order valence-electron chi connectivity index (χ4n) is 3.69. The first-order valence-electron chi connectivity index (χ1n) is 11.2. The number of hydrogen-bond acceptors (Lipinski definition) is 7. The maximum atomic E-state index is 13.1. The molecule has 1 aliphatic heterocycles. The minimum absolute atomic E-state index is 0.118. The van der Waals surface area contributed by atoms with Gasteiger partial charge in [-0.05, 0) is 63.4 Å². The predicted molar refractivity (Wildman–Crippen MR) is 134 cm³/mol. The van der Waals surface area contributed by atoms with Crippen LogP contribution in [0.15, 0.2) is 24.3 Å². The molecule has 11 heteroatoms. The number of nitrogens with one attached hydrogen (secondary N) is 2. The molecule has 4 amide bonds. The summed E-state index contributed by atoms with van der Waals surface area (Å²) in [5.74, 6) is 0.803. The second kappa shape index (κ2) is 10.9. The first kappa shape index (κ1) is 26.1. The van der Waals surface area contributed by atoms with Gasteiger partial charge in [0.2, 0.25) is 0 Å². The van der Waals surface area contributed by atoms with Gasteiger partial charge < -0.3 is 30.2 Å². The van der Waals surface area contributed by atoms with Crippen molar-refractivity contribution in [3.05, 3.63) is 29.8 Å². The highest BCUT2D eigenvalue weighted by Gasteiger charge is 2.28. The molecule has 2 aromatic rings. The molecule has 0 atom stereocenters. The summed E-state index contributed by atoms with van der Waals surface area (Å²) >= 11 is 1.23. The third-order valence-corrected chi connectivity index (χ3v) is 6.46. The number of nitrogens with zero attached hydrogens (tertiary/aromatic N) is 1. The molecule has 0 saturated carbocycles. The zero-order valence-electron chi connectivity index (χ0n) is 20.6. The minimum atomic E-state index is -0.759. The standard InChI is InChI=1S/C24H32N4O6S/c1-24(2,3)34-23(31)28-10-8-15(9-11-28)26-20(29)16-13-19(35-21(16)27-22(25)30)14-6-7-17(32-4)18(12-14)33-5/h6-7,12-13,15H,8-11H2,1-5H3,(H,26,29)(H3,25,27,30). The van der Waals surface area contributed by atoms with Gasteiger partial charge in [-0.1, -0.05) is 0 Å². The quantitative estimate of drug-likeness (QED) is 0.544. The van der Waals surface area contributed by atoms with E-state index in [0.29, 0.717) is 48.0 Å². The summed E-state index contributed by atoms with van der Waals surface area (Å²) in [7, 11) is 3.10. The number of carbonyl (C=O) groups excluding carboxylic acids is 3. The molecule has 1 aromatic heterocycles. The van der Waals surface area contributed by atoms with E-state index >= 15 is 0 Å². The van der Waals surface area contributed by atoms with Crippen LogP contribution < -0.4 is 25.8 Å². The summed E-state index contributed by atoms with van der Waals surface area (Å²) in [5.41, 5.74) is 5.89. The molecule has 0 unspecified atom stereocenters. The first-order valence-corrected chi connectivity index (χ1v) is 12.0. The molecule has 0 bridgehead atoms. The Hall–Kier alpha value is -3.47. The van der Waals surface area contributed by atoms with Gasteiger partial charge in [-0.25, -0.2) is 9.59 Å². The maximum absolute atomic E-state index is 13.1. The van der Waals surface area contributed by atoms with Gasteiger partial charge >= 0.3 is 12.1 Å². The summed E-state index contributed by atoms with van der Waals surface area (Å²) in [6, 6.07) is 6.25. The van der Waals surface area contributed by atoms with E-state index in [1.165, 1.54) is 11.3 Å². The van der Waals surface area contributed by atoms with Crippen LogP contribution in [0.4, 0.5) is 14.6 Å². The van der Waals surface area contributed by atoms with Crippen molar-refractivity contribution in [3.63, 3.8) is 0 Å². The van der Waals surface area contributed by atoms with Crippen molar-refractivity contribution in [3.8, 4) is 21.9 Å². The van der Waals surface area contributed by atoms with Crippen LogP contribution in [0, 0.1) is 0 Å². The topological polar surface area (TPSA) is 132 Å². The Bertz CT molecular complexity index is 1090. The predicted octanol–water partition coefficient (Wildman–Crippen LogP) is 4.05. The Morgan fingerprint density at radius 2 is 1.71 bits per heavy atom. The summed E-state index contributed by atoms with van der Waals surface area (Å²) < 4.78 is 16.1. The van der Waals surface area contributed by atoms with Gasteiger partial charge in [0, 0.05) is 24.0 Å². The molecule has 0 radical (unpaired) electrons. The van der Waals surface area contributed by atoms with Crippen molar-refractivity contribution in [2.45, 2.75) is 45.3 Å². The molecule has 1 aromatic carbocycles. The number of rotatable bonds is 6. The van der Waals surface area contributed by atoms with Crippen molar-refractivity contribution < 1.29 is 28.6 Å². The van der Waals surface area contributed by atoms with Gasteiger partial charge in [0.05, 0.1) is 19.8 Å². The molecule has 35 heavy (non-hydrogen) atoms. The Kier molecular flexibility index (Phi) is 8.11. The normalized spacial score (nSPS) is 14.3. The Labute approximate surface area is 208 Å². The number of ether oxygens (including phenoxy) is 3. The lowest BCUT2D eigenvalue weighted by atomic mass is 10.0. The Morgan fingerprint density at radius 3 is 2.29 bits per heavy atom. The Balaban J connectivity index is 1.73. The number of benzene rings is 1. The molecule has 2 heterocycles. The van der Waals surface area contributed by atoms with Gasteiger partial charge in [0.15, 0.2) is 11.5 Å². The smallest absolute Gasteiger partial charge is 0.410 e. The van der Waals surface area contributed by atoms with E-state index in [0.717, 1.165) is 10.4 Å². The number of anilines is 1. The zero-order valence-corrected chi connectivity index (χ0v) is 21.4. The number of primary amides is 1. The van der Waals surface area contributed by atoms with Gasteiger partial charge in [-0.2, -0.15) is 0 Å². The number of carbonyl (C=O) groups is 3. The van der Waals surface area contributed by atoms with E-state index < -0.39 is 11.6 Å². The van der Waals surface area contributed by atoms with Gasteiger partial charge in [0.1, 0.15) is 10.6 Å². The molecule has 3 rings (SSSR count). The SMILES string of the molecule is COc1ccc(-c2cc(C(=O)NC3CCN(C(=O)OC(C)(C)C)CC3)c(NC(N)=O)s2)cc1OC. The van der Waals surface area contributed by atoms with E-state index in [9.17, 15) is 14.4 Å². The van der Waals surface area contributed by atoms with Crippen LogP contribution in [-0.4, -0.2) is 61.9 Å². The van der Waals surface area contributed by atoms with Crippen LogP contribution >= 0.6 is 11.3 Å². The lowest BCUT2D eigenvalue weighted by Gasteiger charge is -2.33. The molecule has 190 valence electrons. The number of hydrogen-bond donors (Lipinski definition) is 3. The highest BCUT2D eigenvalue weighted by molar-refractivity contribution is 7.20. The third kappa shape index (κ3) is 6.78. The van der Waals surface area contributed by atoms with Crippen molar-refractivity contribution in [1.29, 1.82) is 0 Å². The average molecular weight is 505 g/mol. The number of urea groups is 1. The Morgan fingerprint density at radius 1 is 1.06 bits per heavy atom. The van der Waals surface area contributed by atoms with Crippen molar-refractivity contribution >= 4 is 34.4 Å². The summed E-state index contributed by atoms with van der Waals surface area (Å²) in [6.07, 6.45) is 0.833. The number of thiophene rings is 1. The molecule has 0 aliphatic carbocycles. The first-order chi connectivity index (χ1) is 16.5. The summed E-state index contributed by atoms with van der Waals surface area (Å²) in [5, 5.41) is 5.91. The van der Waals surface area contributed by atoms with Crippen molar-refractivity contribution in [2.24, 2.45) is 5.73 Å². The number of likely N-dealkylation sites (tertiary alicyclic amines) is 1. The largest absolute Gasteiger partial charge is 0.493 e. The highest BCUT2D eigenvalue weighted by Crippen LogP contribution is 2.39. The third-order valence-electron chi connectivity index (χ3n) is 5.36. The molecule has 1 aliphatic rings. The van der Waals surface area contributed by atoms with Gasteiger partial charge in [0.25, 0.3) is 5.91 Å². The number of methoxy groups -OCH3 is 2. The highest BCUT2D eigenvalue weighted by atomic mass is 32.1. The fourth-order valence-corrected chi connectivity index (χ4v) is 4.75. The molecule has 1 fully saturated rings. The number of nitrogens with two attached hydrogens (primary N) is 1. The zero-order chi connectivity index (χ0) is 25.8. The fraction of sp³-hybridized carbons (Fsp3) is 0.458.